The van der Waals surface area contributed by atoms with Gasteiger partial charge >= 0.3 is 9.28 Å². The molecule has 0 fully saturated rings. The van der Waals surface area contributed by atoms with Gasteiger partial charge in [-0.15, -0.1) is 6.58 Å². The molecule has 0 aromatic heterocycles. The van der Waals surface area contributed by atoms with E-state index in [2.05, 4.69) is 13.5 Å². The van der Waals surface area contributed by atoms with Crippen LogP contribution in [0.4, 0.5) is 0 Å². The fourth-order valence-electron chi connectivity index (χ4n) is 0.958. The maximum absolute atomic E-state index is 5.65. The summed E-state index contributed by atoms with van der Waals surface area (Å²) in [7, 11) is 1.64. The molecule has 0 aliphatic carbocycles. The van der Waals surface area contributed by atoms with Gasteiger partial charge in [0.25, 0.3) is 0 Å². The van der Waals surface area contributed by atoms with E-state index in [-0.39, 0.29) is 0 Å². The number of hydrogen-bond donors (Lipinski definition) is 0. The summed E-state index contributed by atoms with van der Waals surface area (Å²) in [5.41, 5.74) is 0.290. The van der Waals surface area contributed by atoms with Gasteiger partial charge in [0.2, 0.25) is 0 Å². The minimum Gasteiger partial charge on any atom is -0.394 e. The molecule has 4 nitrogen and oxygen atoms in total. The lowest BCUT2D eigenvalue weighted by atomic mass is 10.5. The Morgan fingerprint density at radius 2 is 1.53 bits per heavy atom. The third-order valence-corrected chi connectivity index (χ3v) is 4.20. The van der Waals surface area contributed by atoms with E-state index in [1.807, 2.05) is 6.08 Å². The van der Waals surface area contributed by atoms with Crippen molar-refractivity contribution in [3.8, 4) is 0 Å². The molecule has 0 aliphatic rings. The van der Waals surface area contributed by atoms with Crippen LogP contribution in [0, 0.1) is 0 Å². The predicted molar refractivity (Wildman–Crippen MR) is 62.4 cm³/mol. The van der Waals surface area contributed by atoms with Crippen LogP contribution >= 0.6 is 0 Å². The summed E-state index contributed by atoms with van der Waals surface area (Å²) >= 11 is 0. The molecule has 0 aliphatic heterocycles. The van der Waals surface area contributed by atoms with Crippen molar-refractivity contribution in [3.05, 3.63) is 12.7 Å². The van der Waals surface area contributed by atoms with Gasteiger partial charge in [0.05, 0.1) is 26.4 Å². The van der Waals surface area contributed by atoms with Gasteiger partial charge in [-0.2, -0.15) is 0 Å². The molecule has 0 heterocycles. The minimum absolute atomic E-state index is 0.290. The Labute approximate surface area is 94.0 Å². The van der Waals surface area contributed by atoms with Crippen LogP contribution < -0.4 is 0 Å². The van der Waals surface area contributed by atoms with Crippen molar-refractivity contribution in [1.29, 1.82) is 0 Å². The van der Waals surface area contributed by atoms with E-state index < -0.39 is 9.28 Å². The third-order valence-electron chi connectivity index (χ3n) is 1.94. The highest BCUT2D eigenvalue weighted by Crippen LogP contribution is 2.12. The second kappa shape index (κ2) is 10.3. The summed E-state index contributed by atoms with van der Waals surface area (Å²) in [6.07, 6.45) is 1.87. The first-order valence-corrected chi connectivity index (χ1v) is 6.70. The molecule has 0 N–H and O–H groups in total. The number of hydrogen-bond acceptors (Lipinski definition) is 4. The van der Waals surface area contributed by atoms with E-state index in [0.29, 0.717) is 32.0 Å². The van der Waals surface area contributed by atoms with Gasteiger partial charge in [0.1, 0.15) is 0 Å². The van der Waals surface area contributed by atoms with Gasteiger partial charge in [-0.25, -0.2) is 0 Å². The monoisotopic (exact) mass is 234 g/mol. The van der Waals surface area contributed by atoms with Crippen molar-refractivity contribution in [2.45, 2.75) is 12.5 Å². The van der Waals surface area contributed by atoms with E-state index in [0.717, 1.165) is 0 Å². The Morgan fingerprint density at radius 1 is 1.07 bits per heavy atom. The summed E-state index contributed by atoms with van der Waals surface area (Å²) in [6, 6.07) is 0. The van der Waals surface area contributed by atoms with E-state index in [4.69, 9.17) is 18.3 Å². The number of allylic oxidation sites excluding steroid dienone is 1. The molecule has 1 unspecified atom stereocenters. The topological polar surface area (TPSA) is 36.9 Å². The predicted octanol–water partition coefficient (Wildman–Crippen LogP) is 1.11. The maximum Gasteiger partial charge on any atom is 0.328 e. The maximum atomic E-state index is 5.65. The van der Waals surface area contributed by atoms with Gasteiger partial charge in [-0.05, 0) is 0 Å². The van der Waals surface area contributed by atoms with Crippen LogP contribution in [0.3, 0.4) is 0 Å². The lowest BCUT2D eigenvalue weighted by Gasteiger charge is -2.20. The number of methoxy groups -OCH3 is 2. The fraction of sp³-hybridized carbons (Fsp3) is 0.800. The number of ether oxygens (including phenoxy) is 2. The molecule has 0 amide bonds. The first kappa shape index (κ1) is 14.8. The van der Waals surface area contributed by atoms with Crippen LogP contribution in [0.15, 0.2) is 12.7 Å². The Kier molecular flexibility index (Phi) is 10.2. The molecule has 0 saturated carbocycles. The van der Waals surface area contributed by atoms with Crippen molar-refractivity contribution in [2.24, 2.45) is 0 Å². The zero-order valence-corrected chi connectivity index (χ0v) is 11.1. The molecular weight excluding hydrogens is 212 g/mol. The molecule has 0 spiro atoms. The molecule has 1 atom stereocenters. The molecule has 0 aromatic carbocycles. The van der Waals surface area contributed by atoms with Gasteiger partial charge in [0, 0.05) is 19.8 Å². The lowest BCUT2D eigenvalue weighted by molar-refractivity contribution is 0.0980. The van der Waals surface area contributed by atoms with Crippen LogP contribution in [0.2, 0.25) is 5.54 Å². The molecule has 5 heteroatoms. The smallest absolute Gasteiger partial charge is 0.328 e. The van der Waals surface area contributed by atoms with Crippen molar-refractivity contribution >= 4 is 9.28 Å². The van der Waals surface area contributed by atoms with E-state index in [1.54, 1.807) is 14.2 Å². The average molecular weight is 234 g/mol. The Morgan fingerprint density at radius 3 is 1.87 bits per heavy atom. The third kappa shape index (κ3) is 7.69. The van der Waals surface area contributed by atoms with E-state index in [1.165, 1.54) is 0 Å². The summed E-state index contributed by atoms with van der Waals surface area (Å²) in [5, 5.41) is 0. The zero-order valence-electron chi connectivity index (χ0n) is 9.90. The second-order valence-corrected chi connectivity index (χ2v) is 5.65. The largest absolute Gasteiger partial charge is 0.394 e. The Hall–Kier alpha value is -0.203. The van der Waals surface area contributed by atoms with E-state index in [9.17, 15) is 0 Å². The molecule has 0 radical (unpaired) electrons. The molecule has 15 heavy (non-hydrogen) atoms. The van der Waals surface area contributed by atoms with Crippen LogP contribution in [0.5, 0.6) is 0 Å². The van der Waals surface area contributed by atoms with Crippen molar-refractivity contribution < 1.29 is 18.3 Å². The van der Waals surface area contributed by atoms with Crippen LogP contribution in [-0.2, 0) is 18.3 Å². The van der Waals surface area contributed by atoms with Crippen LogP contribution in [-0.4, -0.2) is 49.9 Å². The van der Waals surface area contributed by atoms with Crippen molar-refractivity contribution in [3.63, 3.8) is 0 Å². The molecule has 0 aromatic rings. The summed E-state index contributed by atoms with van der Waals surface area (Å²) < 4.78 is 21.1. The van der Waals surface area contributed by atoms with Crippen molar-refractivity contribution in [2.75, 3.05) is 40.6 Å². The lowest BCUT2D eigenvalue weighted by Crippen LogP contribution is -2.29. The van der Waals surface area contributed by atoms with Gasteiger partial charge in [0.15, 0.2) is 0 Å². The highest BCUT2D eigenvalue weighted by Gasteiger charge is 2.19. The van der Waals surface area contributed by atoms with Gasteiger partial charge in [-0.1, -0.05) is 13.0 Å². The average Bonchev–Trinajstić information content (AvgIpc) is 2.26. The fourth-order valence-corrected chi connectivity index (χ4v) is 2.54. The first-order chi connectivity index (χ1) is 7.26. The normalized spacial score (nSPS) is 13.1. The Balaban J connectivity index is 3.78. The van der Waals surface area contributed by atoms with Crippen LogP contribution in [0.25, 0.3) is 0 Å². The first-order valence-electron chi connectivity index (χ1n) is 5.09. The van der Waals surface area contributed by atoms with Gasteiger partial charge < -0.3 is 18.3 Å². The summed E-state index contributed by atoms with van der Waals surface area (Å²) in [4.78, 5) is 0. The zero-order chi connectivity index (χ0) is 11.5. The Bertz CT molecular complexity index is 144. The van der Waals surface area contributed by atoms with E-state index >= 15 is 0 Å². The highest BCUT2D eigenvalue weighted by atomic mass is 28.3. The van der Waals surface area contributed by atoms with Crippen molar-refractivity contribution in [1.82, 2.24) is 0 Å². The SMILES string of the molecule is C=CC(C)[SiH](OCCOC)OCCOC. The second-order valence-electron chi connectivity index (χ2n) is 3.19. The molecular formula is C10H22O4Si. The quantitative estimate of drug-likeness (QED) is 0.322. The standard InChI is InChI=1S/C10H22O4Si/c1-5-10(2)15(13-8-6-11-3)14-9-7-12-4/h5,10,15H,1,6-9H2,2-4H3. The summed E-state index contributed by atoms with van der Waals surface area (Å²) in [6.45, 7) is 8.17. The number of rotatable bonds is 10. The molecule has 90 valence electrons. The molecule has 0 rings (SSSR count). The van der Waals surface area contributed by atoms with Crippen LogP contribution in [0.1, 0.15) is 6.92 Å². The van der Waals surface area contributed by atoms with Gasteiger partial charge in [-0.3, -0.25) is 0 Å². The summed E-state index contributed by atoms with van der Waals surface area (Å²) in [5.74, 6) is 0. The minimum atomic E-state index is -1.67. The highest BCUT2D eigenvalue weighted by molar-refractivity contribution is 6.47. The molecule has 0 saturated heterocycles. The molecule has 0 bridgehead atoms.